The van der Waals surface area contributed by atoms with Crippen LogP contribution in [0.2, 0.25) is 0 Å². The van der Waals surface area contributed by atoms with Gasteiger partial charge in [0.05, 0.1) is 6.04 Å². The van der Waals surface area contributed by atoms with Crippen molar-refractivity contribution in [2.75, 3.05) is 0 Å². The molecule has 0 unspecified atom stereocenters. The minimum absolute atomic E-state index is 0.135. The van der Waals surface area contributed by atoms with Crippen molar-refractivity contribution in [1.29, 1.82) is 0 Å². The maximum atomic E-state index is 5.37. The lowest BCUT2D eigenvalue weighted by Gasteiger charge is -2.15. The summed E-state index contributed by atoms with van der Waals surface area (Å²) in [5.74, 6) is 2.59. The molecule has 0 radical (unpaired) electrons. The molecule has 0 heterocycles. The van der Waals surface area contributed by atoms with Crippen LogP contribution >= 0.6 is 23.2 Å². The Morgan fingerprint density at radius 2 is 1.82 bits per heavy atom. The summed E-state index contributed by atoms with van der Waals surface area (Å²) in [6.07, 6.45) is 6.21. The number of aliphatic imine (C=N–C) groups is 1. The van der Waals surface area contributed by atoms with Gasteiger partial charge in [0.25, 0.3) is 0 Å². The van der Waals surface area contributed by atoms with Gasteiger partial charge in [-0.25, -0.2) is 4.99 Å². The fourth-order valence-electron chi connectivity index (χ4n) is 1.35. The Balaban J connectivity index is 2.41. The molecule has 1 saturated carbocycles. The van der Waals surface area contributed by atoms with Crippen LogP contribution in [-0.2, 0) is 0 Å². The first kappa shape index (κ1) is 9.12. The molecule has 1 aliphatic carbocycles. The van der Waals surface area contributed by atoms with Crippen molar-refractivity contribution in [3.8, 4) is 0 Å². The Kier molecular flexibility index (Phi) is 3.99. The van der Waals surface area contributed by atoms with Gasteiger partial charge in [0, 0.05) is 5.87 Å². The number of nitrogens with zero attached hydrogens (tertiary/aromatic N) is 1. The highest BCUT2D eigenvalue weighted by molar-refractivity contribution is 6.59. The van der Waals surface area contributed by atoms with E-state index in [2.05, 4.69) is 10.9 Å². The van der Waals surface area contributed by atoms with E-state index < -0.39 is 0 Å². The number of halogens is 2. The molecule has 1 nitrogen and oxygen atoms in total. The van der Waals surface area contributed by atoms with Gasteiger partial charge < -0.3 is 0 Å². The fraction of sp³-hybridized carbons (Fsp3) is 0.750. The molecule has 62 valence electrons. The van der Waals surface area contributed by atoms with Crippen LogP contribution in [-0.4, -0.2) is 11.9 Å². The topological polar surface area (TPSA) is 12.4 Å². The normalized spacial score (nSPS) is 19.1. The van der Waals surface area contributed by atoms with Gasteiger partial charge in [-0.05, 0) is 12.8 Å². The van der Waals surface area contributed by atoms with Crippen molar-refractivity contribution in [1.82, 2.24) is 0 Å². The van der Waals surface area contributed by atoms with Crippen LogP contribution in [0.1, 0.15) is 32.1 Å². The third-order valence-electron chi connectivity index (χ3n) is 1.91. The Morgan fingerprint density at radius 1 is 1.18 bits per heavy atom. The second-order valence-corrected chi connectivity index (χ2v) is 3.74. The van der Waals surface area contributed by atoms with Crippen molar-refractivity contribution < 1.29 is 0 Å². The van der Waals surface area contributed by atoms with Crippen LogP contribution < -0.4 is 0 Å². The number of hydrogen-bond acceptors (Lipinski definition) is 1. The molecule has 0 aromatic rings. The van der Waals surface area contributed by atoms with Crippen LogP contribution in [0, 0.1) is 0 Å². The van der Waals surface area contributed by atoms with E-state index in [0.717, 1.165) is 12.8 Å². The van der Waals surface area contributed by atoms with Crippen LogP contribution in [0.5, 0.6) is 0 Å². The van der Waals surface area contributed by atoms with Crippen LogP contribution in [0.25, 0.3) is 0 Å². The number of rotatable bonds is 1. The van der Waals surface area contributed by atoms with Gasteiger partial charge >= 0.3 is 0 Å². The van der Waals surface area contributed by atoms with E-state index in [4.69, 9.17) is 23.2 Å². The molecule has 1 aliphatic rings. The molecular formula is C8H11Cl2N. The molecule has 0 N–H and O–H groups in total. The summed E-state index contributed by atoms with van der Waals surface area (Å²) in [6, 6.07) is 0.413. The van der Waals surface area contributed by atoms with Crippen molar-refractivity contribution in [2.45, 2.75) is 38.1 Å². The summed E-state index contributed by atoms with van der Waals surface area (Å²) >= 11 is 10.7. The molecule has 0 bridgehead atoms. The van der Waals surface area contributed by atoms with Crippen LogP contribution in [0.4, 0.5) is 0 Å². The SMILES string of the molecule is ClC(Cl)=C=NC1CCCCC1. The molecule has 3 heteroatoms. The zero-order valence-electron chi connectivity index (χ0n) is 6.32. The third kappa shape index (κ3) is 3.81. The Bertz CT molecular complexity index is 173. The lowest BCUT2D eigenvalue weighted by atomic mass is 9.96. The second kappa shape index (κ2) is 4.82. The monoisotopic (exact) mass is 191 g/mol. The minimum Gasteiger partial charge on any atom is -0.238 e. The average molecular weight is 192 g/mol. The lowest BCUT2D eigenvalue weighted by Crippen LogP contribution is -2.08. The van der Waals surface area contributed by atoms with E-state index in [9.17, 15) is 0 Å². The average Bonchev–Trinajstić information content (AvgIpc) is 2.03. The van der Waals surface area contributed by atoms with Crippen LogP contribution in [0.15, 0.2) is 9.48 Å². The standard InChI is InChI=1S/C8H11Cl2N/c9-8(10)6-11-7-4-2-1-3-5-7/h7H,1-5H2. The Labute approximate surface area is 77.1 Å². The summed E-state index contributed by atoms with van der Waals surface area (Å²) in [5.41, 5.74) is 0. The van der Waals surface area contributed by atoms with Crippen LogP contribution in [0.3, 0.4) is 0 Å². The first-order valence-electron chi connectivity index (χ1n) is 3.93. The predicted molar refractivity (Wildman–Crippen MR) is 49.5 cm³/mol. The molecule has 0 aromatic heterocycles. The Morgan fingerprint density at radius 3 is 2.36 bits per heavy atom. The van der Waals surface area contributed by atoms with E-state index in [1.165, 1.54) is 19.3 Å². The maximum Gasteiger partial charge on any atom is 0.167 e. The van der Waals surface area contributed by atoms with Crippen molar-refractivity contribution in [3.05, 3.63) is 4.49 Å². The Hall–Kier alpha value is 0.0300. The van der Waals surface area contributed by atoms with Gasteiger partial charge in [-0.15, -0.1) is 0 Å². The van der Waals surface area contributed by atoms with Gasteiger partial charge in [-0.3, -0.25) is 0 Å². The van der Waals surface area contributed by atoms with Crippen molar-refractivity contribution in [3.63, 3.8) is 0 Å². The molecular weight excluding hydrogens is 181 g/mol. The van der Waals surface area contributed by atoms with E-state index in [1.54, 1.807) is 0 Å². The van der Waals surface area contributed by atoms with Gasteiger partial charge in [0.2, 0.25) is 0 Å². The van der Waals surface area contributed by atoms with Gasteiger partial charge in [0.1, 0.15) is 0 Å². The largest absolute Gasteiger partial charge is 0.238 e. The molecule has 0 atom stereocenters. The first-order chi connectivity index (χ1) is 5.29. The van der Waals surface area contributed by atoms with E-state index in [0.29, 0.717) is 6.04 Å². The molecule has 1 fully saturated rings. The van der Waals surface area contributed by atoms with Crippen molar-refractivity contribution in [2.24, 2.45) is 4.99 Å². The number of hydrogen-bond donors (Lipinski definition) is 0. The molecule has 0 saturated heterocycles. The summed E-state index contributed by atoms with van der Waals surface area (Å²) < 4.78 is 0.135. The summed E-state index contributed by atoms with van der Waals surface area (Å²) in [6.45, 7) is 0. The van der Waals surface area contributed by atoms with Gasteiger partial charge in [0.15, 0.2) is 4.49 Å². The zero-order chi connectivity index (χ0) is 8.10. The third-order valence-corrected chi connectivity index (χ3v) is 2.08. The lowest BCUT2D eigenvalue weighted by molar-refractivity contribution is 0.445. The molecule has 0 amide bonds. The fourth-order valence-corrected chi connectivity index (χ4v) is 1.45. The molecule has 11 heavy (non-hydrogen) atoms. The van der Waals surface area contributed by atoms with E-state index >= 15 is 0 Å². The highest BCUT2D eigenvalue weighted by Gasteiger charge is 2.10. The first-order valence-corrected chi connectivity index (χ1v) is 4.68. The summed E-state index contributed by atoms with van der Waals surface area (Å²) in [4.78, 5) is 4.13. The molecule has 0 spiro atoms. The van der Waals surface area contributed by atoms with E-state index in [-0.39, 0.29) is 4.49 Å². The smallest absolute Gasteiger partial charge is 0.167 e. The van der Waals surface area contributed by atoms with Gasteiger partial charge in [-0.1, -0.05) is 42.5 Å². The highest BCUT2D eigenvalue weighted by Crippen LogP contribution is 2.19. The highest BCUT2D eigenvalue weighted by atomic mass is 35.5. The second-order valence-electron chi connectivity index (χ2n) is 2.79. The maximum absolute atomic E-state index is 5.37. The minimum atomic E-state index is 0.135. The van der Waals surface area contributed by atoms with E-state index in [1.807, 2.05) is 0 Å². The molecule has 0 aromatic carbocycles. The zero-order valence-corrected chi connectivity index (χ0v) is 7.83. The van der Waals surface area contributed by atoms with Crippen molar-refractivity contribution >= 4 is 29.1 Å². The summed E-state index contributed by atoms with van der Waals surface area (Å²) in [7, 11) is 0. The quantitative estimate of drug-likeness (QED) is 0.565. The predicted octanol–water partition coefficient (Wildman–Crippen LogP) is 3.31. The molecule has 1 rings (SSSR count). The molecule has 0 aliphatic heterocycles. The van der Waals surface area contributed by atoms with Gasteiger partial charge in [-0.2, -0.15) is 0 Å². The summed E-state index contributed by atoms with van der Waals surface area (Å²) in [5, 5.41) is 0.